The minimum atomic E-state index is -0.608. The molecule has 112 valence electrons. The molecule has 0 amide bonds. The van der Waals surface area contributed by atoms with Crippen LogP contribution in [0.25, 0.3) is 0 Å². The first-order chi connectivity index (χ1) is 9.81. The highest BCUT2D eigenvalue weighted by Crippen LogP contribution is 2.32. The second-order valence-electron chi connectivity index (χ2n) is 4.46. The third kappa shape index (κ3) is 4.35. The van der Waals surface area contributed by atoms with Crippen LogP contribution in [0.15, 0.2) is 18.2 Å². The summed E-state index contributed by atoms with van der Waals surface area (Å²) in [5.41, 5.74) is 0.790. The summed E-state index contributed by atoms with van der Waals surface area (Å²) < 4.78 is 16.0. The van der Waals surface area contributed by atoms with Gasteiger partial charge in [-0.25, -0.2) is 0 Å². The van der Waals surface area contributed by atoms with Gasteiger partial charge >= 0.3 is 0 Å². The molecule has 2 rings (SSSR count). The van der Waals surface area contributed by atoms with Gasteiger partial charge in [0.05, 0.1) is 25.9 Å². The van der Waals surface area contributed by atoms with E-state index in [1.165, 1.54) is 0 Å². The molecule has 6 heteroatoms. The number of hydrogen-bond acceptors (Lipinski definition) is 6. The number of nitrogens with one attached hydrogen (secondary N) is 1. The highest BCUT2D eigenvalue weighted by molar-refractivity contribution is 5.44. The molecular formula is C14H21NO5. The van der Waals surface area contributed by atoms with E-state index in [-0.39, 0.29) is 6.61 Å². The predicted octanol–water partition coefficient (Wildman–Crippen LogP) is 0.0897. The minimum absolute atomic E-state index is 0.0276. The average Bonchev–Trinajstić information content (AvgIpc) is 2.50. The lowest BCUT2D eigenvalue weighted by atomic mass is 10.1. The fourth-order valence-electron chi connectivity index (χ4n) is 1.93. The molecule has 0 aromatic heterocycles. The molecule has 3 N–H and O–H groups in total. The van der Waals surface area contributed by atoms with Gasteiger partial charge in [-0.15, -0.1) is 0 Å². The van der Waals surface area contributed by atoms with E-state index >= 15 is 0 Å². The summed E-state index contributed by atoms with van der Waals surface area (Å²) in [6.07, 6.45) is -0.608. The summed E-state index contributed by atoms with van der Waals surface area (Å²) in [5, 5.41) is 21.7. The van der Waals surface area contributed by atoms with Crippen LogP contribution in [0.1, 0.15) is 11.7 Å². The van der Waals surface area contributed by atoms with Crippen LogP contribution in [0.3, 0.4) is 0 Å². The fourth-order valence-corrected chi connectivity index (χ4v) is 1.93. The summed E-state index contributed by atoms with van der Waals surface area (Å²) >= 11 is 0. The lowest BCUT2D eigenvalue weighted by molar-refractivity contribution is 0.0910. The van der Waals surface area contributed by atoms with Crippen molar-refractivity contribution in [3.05, 3.63) is 23.8 Å². The first kappa shape index (κ1) is 15.1. The smallest absolute Gasteiger partial charge is 0.161 e. The van der Waals surface area contributed by atoms with Gasteiger partial charge in [0.2, 0.25) is 0 Å². The standard InChI is InChI=1S/C14H21NO5/c16-4-6-18-5-3-15-10-12(17)11-1-2-13-14(9-11)20-8-7-19-13/h1-2,9,12,15-17H,3-8,10H2. The van der Waals surface area contributed by atoms with Gasteiger partial charge in [-0.05, 0) is 17.7 Å². The monoisotopic (exact) mass is 283 g/mol. The van der Waals surface area contributed by atoms with E-state index in [0.29, 0.717) is 45.3 Å². The van der Waals surface area contributed by atoms with E-state index in [4.69, 9.17) is 19.3 Å². The van der Waals surface area contributed by atoms with Gasteiger partial charge in [0.15, 0.2) is 11.5 Å². The van der Waals surface area contributed by atoms with Crippen molar-refractivity contribution in [1.82, 2.24) is 5.32 Å². The SMILES string of the molecule is OCCOCCNCC(O)c1ccc2c(c1)OCCO2. The number of ether oxygens (including phenoxy) is 3. The van der Waals surface area contributed by atoms with Gasteiger partial charge in [-0.3, -0.25) is 0 Å². The van der Waals surface area contributed by atoms with Gasteiger partial charge in [0.1, 0.15) is 13.2 Å². The molecule has 0 fully saturated rings. The lowest BCUT2D eigenvalue weighted by Gasteiger charge is -2.20. The Hall–Kier alpha value is -1.34. The molecule has 1 unspecified atom stereocenters. The Morgan fingerprint density at radius 2 is 2.00 bits per heavy atom. The molecule has 1 aromatic rings. The van der Waals surface area contributed by atoms with Crippen LogP contribution >= 0.6 is 0 Å². The van der Waals surface area contributed by atoms with Crippen molar-refractivity contribution in [3.63, 3.8) is 0 Å². The van der Waals surface area contributed by atoms with E-state index < -0.39 is 6.10 Å². The summed E-state index contributed by atoms with van der Waals surface area (Å²) in [6, 6.07) is 5.46. The maximum absolute atomic E-state index is 10.1. The highest BCUT2D eigenvalue weighted by atomic mass is 16.6. The zero-order valence-corrected chi connectivity index (χ0v) is 11.4. The number of fused-ring (bicyclic) bond motifs is 1. The molecule has 0 bridgehead atoms. The molecule has 1 heterocycles. The first-order valence-corrected chi connectivity index (χ1v) is 6.78. The second-order valence-corrected chi connectivity index (χ2v) is 4.46. The number of hydrogen-bond donors (Lipinski definition) is 3. The molecule has 0 radical (unpaired) electrons. The zero-order valence-electron chi connectivity index (χ0n) is 11.4. The quantitative estimate of drug-likeness (QED) is 0.587. The van der Waals surface area contributed by atoms with Crippen LogP contribution in [0.4, 0.5) is 0 Å². The van der Waals surface area contributed by atoms with Gasteiger partial charge in [-0.2, -0.15) is 0 Å². The van der Waals surface area contributed by atoms with E-state index in [2.05, 4.69) is 5.32 Å². The molecule has 0 saturated carbocycles. The molecule has 20 heavy (non-hydrogen) atoms. The summed E-state index contributed by atoms with van der Waals surface area (Å²) in [5.74, 6) is 1.40. The largest absolute Gasteiger partial charge is 0.486 e. The van der Waals surface area contributed by atoms with Crippen LogP contribution in [0, 0.1) is 0 Å². The molecule has 1 aromatic carbocycles. The number of aliphatic hydroxyl groups excluding tert-OH is 2. The van der Waals surface area contributed by atoms with Crippen LogP contribution in [-0.2, 0) is 4.74 Å². The maximum Gasteiger partial charge on any atom is 0.161 e. The normalized spacial score (nSPS) is 15.1. The Morgan fingerprint density at radius 3 is 2.80 bits per heavy atom. The van der Waals surface area contributed by atoms with E-state index in [0.717, 1.165) is 11.3 Å². The van der Waals surface area contributed by atoms with Crippen molar-refractivity contribution >= 4 is 0 Å². The summed E-state index contributed by atoms with van der Waals surface area (Å²) in [7, 11) is 0. The Balaban J connectivity index is 1.76. The van der Waals surface area contributed by atoms with Crippen LogP contribution in [0.5, 0.6) is 11.5 Å². The highest BCUT2D eigenvalue weighted by Gasteiger charge is 2.15. The van der Waals surface area contributed by atoms with E-state index in [9.17, 15) is 5.11 Å². The first-order valence-electron chi connectivity index (χ1n) is 6.78. The zero-order chi connectivity index (χ0) is 14.2. The van der Waals surface area contributed by atoms with Crippen molar-refractivity contribution < 1.29 is 24.4 Å². The lowest BCUT2D eigenvalue weighted by Crippen LogP contribution is -2.25. The van der Waals surface area contributed by atoms with Crippen LogP contribution < -0.4 is 14.8 Å². The Bertz CT molecular complexity index is 413. The molecule has 1 aliphatic heterocycles. The van der Waals surface area contributed by atoms with Crippen molar-refractivity contribution in [2.24, 2.45) is 0 Å². The van der Waals surface area contributed by atoms with Crippen molar-refractivity contribution in [2.75, 3.05) is 46.1 Å². The average molecular weight is 283 g/mol. The Kier molecular flexibility index (Phi) is 6.07. The summed E-state index contributed by atoms with van der Waals surface area (Å²) in [4.78, 5) is 0. The predicted molar refractivity (Wildman–Crippen MR) is 73.2 cm³/mol. The van der Waals surface area contributed by atoms with E-state index in [1.54, 1.807) is 0 Å². The van der Waals surface area contributed by atoms with Crippen molar-refractivity contribution in [2.45, 2.75) is 6.10 Å². The minimum Gasteiger partial charge on any atom is -0.486 e. The molecule has 0 saturated heterocycles. The van der Waals surface area contributed by atoms with Crippen molar-refractivity contribution in [3.8, 4) is 11.5 Å². The Morgan fingerprint density at radius 1 is 1.20 bits per heavy atom. The molecule has 0 aliphatic carbocycles. The summed E-state index contributed by atoms with van der Waals surface area (Å²) in [6.45, 7) is 3.03. The molecule has 6 nitrogen and oxygen atoms in total. The number of rotatable bonds is 8. The molecule has 1 aliphatic rings. The molecule has 1 atom stereocenters. The van der Waals surface area contributed by atoms with Crippen LogP contribution in [-0.4, -0.2) is 56.3 Å². The topological polar surface area (TPSA) is 80.2 Å². The van der Waals surface area contributed by atoms with E-state index in [1.807, 2.05) is 18.2 Å². The van der Waals surface area contributed by atoms with Gasteiger partial charge in [0, 0.05) is 13.1 Å². The van der Waals surface area contributed by atoms with Gasteiger partial charge in [0.25, 0.3) is 0 Å². The maximum atomic E-state index is 10.1. The third-order valence-electron chi connectivity index (χ3n) is 2.95. The molecular weight excluding hydrogens is 262 g/mol. The van der Waals surface area contributed by atoms with Crippen LogP contribution in [0.2, 0.25) is 0 Å². The van der Waals surface area contributed by atoms with Gasteiger partial charge in [-0.1, -0.05) is 6.07 Å². The Labute approximate surface area is 118 Å². The van der Waals surface area contributed by atoms with Gasteiger partial charge < -0.3 is 29.7 Å². The number of benzene rings is 1. The molecule has 0 spiro atoms. The third-order valence-corrected chi connectivity index (χ3v) is 2.95. The van der Waals surface area contributed by atoms with Crippen molar-refractivity contribution in [1.29, 1.82) is 0 Å². The number of aliphatic hydroxyl groups is 2. The fraction of sp³-hybridized carbons (Fsp3) is 0.571. The second kappa shape index (κ2) is 8.06.